The van der Waals surface area contributed by atoms with E-state index in [1.807, 2.05) is 6.20 Å². The van der Waals surface area contributed by atoms with Crippen LogP contribution in [0.1, 0.15) is 55.3 Å². The Morgan fingerprint density at radius 1 is 0.963 bits per heavy atom. The summed E-state index contributed by atoms with van der Waals surface area (Å²) in [6.07, 6.45) is 12.7. The molecule has 2 heterocycles. The minimum absolute atomic E-state index is 0.164. The van der Waals surface area contributed by atoms with E-state index < -0.39 is 0 Å². The molecule has 2 aliphatic rings. The van der Waals surface area contributed by atoms with Crippen molar-refractivity contribution in [1.29, 1.82) is 0 Å². The SMILES string of the molecule is CN(C)C1(c2ccccc2)CCC2(CCCc3c2[nH]c2ccncc32)CC1. The molecule has 0 saturated heterocycles. The standard InChI is InChI=1S/C24H29N3/c1-27(2)24(18-7-4-3-5-8-18)14-12-23(13-15-24)11-6-9-19-20-17-25-16-10-21(20)26-22(19)23/h3-5,7-8,10,16-17,26H,6,9,11-15H2,1-2H3. The third-order valence-electron chi connectivity index (χ3n) is 7.52. The van der Waals surface area contributed by atoms with Crippen LogP contribution >= 0.6 is 0 Å². The zero-order valence-electron chi connectivity index (χ0n) is 16.5. The van der Waals surface area contributed by atoms with Gasteiger partial charge in [0.2, 0.25) is 0 Å². The first-order chi connectivity index (χ1) is 13.1. The van der Waals surface area contributed by atoms with Crippen LogP contribution in [0.5, 0.6) is 0 Å². The van der Waals surface area contributed by atoms with Crippen LogP contribution in [0.2, 0.25) is 0 Å². The number of fused-ring (bicyclic) bond motifs is 4. The monoisotopic (exact) mass is 359 g/mol. The third kappa shape index (κ3) is 2.48. The molecule has 0 radical (unpaired) electrons. The normalized spacial score (nSPS) is 28.0. The van der Waals surface area contributed by atoms with Crippen LogP contribution < -0.4 is 0 Å². The number of nitrogens with zero attached hydrogens (tertiary/aromatic N) is 2. The van der Waals surface area contributed by atoms with Gasteiger partial charge in [0, 0.05) is 39.9 Å². The van der Waals surface area contributed by atoms with Crippen molar-refractivity contribution in [3.63, 3.8) is 0 Å². The highest BCUT2D eigenvalue weighted by Crippen LogP contribution is 2.54. The molecule has 2 aliphatic carbocycles. The first kappa shape index (κ1) is 17.0. The van der Waals surface area contributed by atoms with E-state index in [1.165, 1.54) is 67.1 Å². The highest BCUT2D eigenvalue weighted by Gasteiger charge is 2.48. The molecule has 3 aromatic rings. The first-order valence-corrected chi connectivity index (χ1v) is 10.3. The molecule has 140 valence electrons. The van der Waals surface area contributed by atoms with E-state index in [0.717, 1.165) is 0 Å². The number of hydrogen-bond acceptors (Lipinski definition) is 2. The van der Waals surface area contributed by atoms with Gasteiger partial charge in [-0.25, -0.2) is 0 Å². The molecule has 1 spiro atoms. The molecule has 0 amide bonds. The van der Waals surface area contributed by atoms with Crippen LogP contribution in [0.4, 0.5) is 0 Å². The maximum atomic E-state index is 4.39. The molecule has 0 unspecified atom stereocenters. The second-order valence-corrected chi connectivity index (χ2v) is 8.83. The van der Waals surface area contributed by atoms with Gasteiger partial charge in [0.25, 0.3) is 0 Å². The quantitative estimate of drug-likeness (QED) is 0.685. The average molecular weight is 360 g/mol. The molecule has 3 heteroatoms. The van der Waals surface area contributed by atoms with Gasteiger partial charge in [-0.15, -0.1) is 0 Å². The lowest BCUT2D eigenvalue weighted by molar-refractivity contribution is 0.0579. The molecule has 1 saturated carbocycles. The van der Waals surface area contributed by atoms with E-state index in [1.54, 1.807) is 5.56 Å². The van der Waals surface area contributed by atoms with Crippen molar-refractivity contribution in [1.82, 2.24) is 14.9 Å². The summed E-state index contributed by atoms with van der Waals surface area (Å²) in [4.78, 5) is 10.7. The zero-order chi connectivity index (χ0) is 18.5. The zero-order valence-corrected chi connectivity index (χ0v) is 16.5. The van der Waals surface area contributed by atoms with E-state index in [9.17, 15) is 0 Å². The maximum absolute atomic E-state index is 4.39. The first-order valence-electron chi connectivity index (χ1n) is 10.3. The second kappa shape index (κ2) is 6.20. The molecule has 2 aromatic heterocycles. The number of benzene rings is 1. The number of aromatic amines is 1. The summed E-state index contributed by atoms with van der Waals surface area (Å²) in [6.45, 7) is 0. The number of nitrogens with one attached hydrogen (secondary N) is 1. The minimum atomic E-state index is 0.164. The largest absolute Gasteiger partial charge is 0.358 e. The van der Waals surface area contributed by atoms with Crippen molar-refractivity contribution in [3.05, 3.63) is 65.6 Å². The number of H-pyrrole nitrogens is 1. The summed E-state index contributed by atoms with van der Waals surface area (Å²) in [7, 11) is 4.51. The van der Waals surface area contributed by atoms with E-state index >= 15 is 0 Å². The Balaban J connectivity index is 1.53. The Morgan fingerprint density at radius 3 is 2.48 bits per heavy atom. The summed E-state index contributed by atoms with van der Waals surface area (Å²) in [6, 6.07) is 13.3. The molecule has 27 heavy (non-hydrogen) atoms. The van der Waals surface area contributed by atoms with Crippen molar-refractivity contribution < 1.29 is 0 Å². The lowest BCUT2D eigenvalue weighted by Gasteiger charge is -2.51. The molecule has 5 rings (SSSR count). The Morgan fingerprint density at radius 2 is 1.74 bits per heavy atom. The van der Waals surface area contributed by atoms with Crippen molar-refractivity contribution in [2.24, 2.45) is 0 Å². The lowest BCUT2D eigenvalue weighted by atomic mass is 9.59. The van der Waals surface area contributed by atoms with Crippen molar-refractivity contribution in [2.75, 3.05) is 14.1 Å². The molecule has 0 atom stereocenters. The predicted molar refractivity (Wildman–Crippen MR) is 111 cm³/mol. The van der Waals surface area contributed by atoms with Gasteiger partial charge in [0.15, 0.2) is 0 Å². The van der Waals surface area contributed by atoms with Gasteiger partial charge in [0.05, 0.1) is 0 Å². The molecule has 0 aliphatic heterocycles. The molecule has 1 aromatic carbocycles. The molecule has 1 N–H and O–H groups in total. The van der Waals surface area contributed by atoms with Crippen molar-refractivity contribution in [3.8, 4) is 0 Å². The van der Waals surface area contributed by atoms with Gasteiger partial charge in [-0.3, -0.25) is 9.88 Å². The minimum Gasteiger partial charge on any atom is -0.358 e. The Bertz CT molecular complexity index is 946. The number of pyridine rings is 1. The fourth-order valence-corrected chi connectivity index (χ4v) is 5.91. The van der Waals surface area contributed by atoms with Crippen LogP contribution in [-0.2, 0) is 17.4 Å². The van der Waals surface area contributed by atoms with Crippen LogP contribution in [0.3, 0.4) is 0 Å². The number of hydrogen-bond donors (Lipinski definition) is 1. The van der Waals surface area contributed by atoms with E-state index in [0.29, 0.717) is 5.41 Å². The second-order valence-electron chi connectivity index (χ2n) is 8.83. The molecular weight excluding hydrogens is 330 g/mol. The molecule has 1 fully saturated rings. The Labute approximate surface area is 161 Å². The fraction of sp³-hybridized carbons (Fsp3) is 0.458. The number of aromatic nitrogens is 2. The van der Waals surface area contributed by atoms with Gasteiger partial charge >= 0.3 is 0 Å². The summed E-state index contributed by atoms with van der Waals surface area (Å²) in [5.41, 5.74) is 6.29. The fourth-order valence-electron chi connectivity index (χ4n) is 5.91. The molecule has 3 nitrogen and oxygen atoms in total. The Hall–Kier alpha value is -2.13. The van der Waals surface area contributed by atoms with Gasteiger partial charge in [0.1, 0.15) is 0 Å². The van der Waals surface area contributed by atoms with Gasteiger partial charge in [-0.05, 0) is 76.2 Å². The smallest absolute Gasteiger partial charge is 0.0490 e. The lowest BCUT2D eigenvalue weighted by Crippen LogP contribution is -2.48. The van der Waals surface area contributed by atoms with Gasteiger partial charge < -0.3 is 4.98 Å². The van der Waals surface area contributed by atoms with E-state index in [4.69, 9.17) is 0 Å². The summed E-state index contributed by atoms with van der Waals surface area (Å²) in [5, 5.41) is 1.35. The van der Waals surface area contributed by atoms with Crippen molar-refractivity contribution in [2.45, 2.75) is 55.9 Å². The maximum Gasteiger partial charge on any atom is 0.0490 e. The highest BCUT2D eigenvalue weighted by molar-refractivity contribution is 5.84. The molecule has 0 bridgehead atoms. The summed E-state index contributed by atoms with van der Waals surface area (Å²) in [5.74, 6) is 0. The Kier molecular flexibility index (Phi) is 3.90. The number of rotatable bonds is 2. The van der Waals surface area contributed by atoms with E-state index in [2.05, 4.69) is 71.6 Å². The van der Waals surface area contributed by atoms with Crippen LogP contribution in [0.25, 0.3) is 10.9 Å². The third-order valence-corrected chi connectivity index (χ3v) is 7.52. The number of aryl methyl sites for hydroxylation is 1. The summed E-state index contributed by atoms with van der Waals surface area (Å²) >= 11 is 0. The van der Waals surface area contributed by atoms with Gasteiger partial charge in [-0.1, -0.05) is 30.3 Å². The highest BCUT2D eigenvalue weighted by atomic mass is 15.1. The van der Waals surface area contributed by atoms with Crippen LogP contribution in [0, 0.1) is 0 Å². The van der Waals surface area contributed by atoms with E-state index in [-0.39, 0.29) is 5.54 Å². The average Bonchev–Trinajstić information content (AvgIpc) is 3.10. The molecular formula is C24H29N3. The van der Waals surface area contributed by atoms with Gasteiger partial charge in [-0.2, -0.15) is 0 Å². The summed E-state index contributed by atoms with van der Waals surface area (Å²) < 4.78 is 0. The topological polar surface area (TPSA) is 31.9 Å². The predicted octanol–water partition coefficient (Wildman–Crippen LogP) is 5.17. The van der Waals surface area contributed by atoms with Crippen molar-refractivity contribution >= 4 is 10.9 Å². The van der Waals surface area contributed by atoms with Crippen LogP contribution in [0.15, 0.2) is 48.8 Å². The van der Waals surface area contributed by atoms with Crippen LogP contribution in [-0.4, -0.2) is 29.0 Å².